The van der Waals surface area contributed by atoms with Gasteiger partial charge < -0.3 is 20.5 Å². The van der Waals surface area contributed by atoms with E-state index in [0.29, 0.717) is 25.3 Å². The van der Waals surface area contributed by atoms with Crippen LogP contribution in [0, 0.1) is 13.8 Å². The summed E-state index contributed by atoms with van der Waals surface area (Å²) < 4.78 is 5.15. The van der Waals surface area contributed by atoms with Crippen molar-refractivity contribution in [1.29, 1.82) is 0 Å². The standard InChI is InChI=1S/C17H28N4O3S/c1-12-15(13(2)24-20-12)10-25-11-17(23)21-8-4-3-5-14(21)9-19-16(22)6-7-18/h14H,3-11,18H2,1-2H3,(H,19,22). The van der Waals surface area contributed by atoms with Gasteiger partial charge in [-0.15, -0.1) is 11.8 Å². The number of carbonyl (C=O) groups excluding carboxylic acids is 2. The second-order valence-electron chi connectivity index (χ2n) is 6.38. The van der Waals surface area contributed by atoms with Gasteiger partial charge in [0.25, 0.3) is 0 Å². The first-order valence-electron chi connectivity index (χ1n) is 8.78. The predicted molar refractivity (Wildman–Crippen MR) is 98.2 cm³/mol. The van der Waals surface area contributed by atoms with Crippen LogP contribution in [0.15, 0.2) is 4.52 Å². The molecule has 0 saturated carbocycles. The SMILES string of the molecule is Cc1noc(C)c1CSCC(=O)N1CCCCC1CNC(=O)CCN. The number of aromatic nitrogens is 1. The predicted octanol–water partition coefficient (Wildman–Crippen LogP) is 1.37. The molecule has 0 aliphatic carbocycles. The van der Waals surface area contributed by atoms with E-state index in [4.69, 9.17) is 10.3 Å². The number of hydrogen-bond donors (Lipinski definition) is 2. The van der Waals surface area contributed by atoms with Crippen molar-refractivity contribution in [3.8, 4) is 0 Å². The number of piperidine rings is 1. The molecule has 0 aromatic carbocycles. The van der Waals surface area contributed by atoms with Crippen LogP contribution in [0.5, 0.6) is 0 Å². The number of rotatable bonds is 8. The molecule has 2 rings (SSSR count). The highest BCUT2D eigenvalue weighted by Crippen LogP contribution is 2.22. The number of thioether (sulfide) groups is 1. The van der Waals surface area contributed by atoms with Gasteiger partial charge in [0.2, 0.25) is 11.8 Å². The van der Waals surface area contributed by atoms with Gasteiger partial charge in [-0.3, -0.25) is 9.59 Å². The summed E-state index contributed by atoms with van der Waals surface area (Å²) in [6, 6.07) is 0.0858. The molecule has 1 saturated heterocycles. The highest BCUT2D eigenvalue weighted by Gasteiger charge is 2.26. The van der Waals surface area contributed by atoms with Gasteiger partial charge in [-0.2, -0.15) is 0 Å². The summed E-state index contributed by atoms with van der Waals surface area (Å²) in [4.78, 5) is 26.1. The van der Waals surface area contributed by atoms with Crippen molar-refractivity contribution in [3.63, 3.8) is 0 Å². The Hall–Kier alpha value is -1.54. The van der Waals surface area contributed by atoms with Crippen molar-refractivity contribution < 1.29 is 14.1 Å². The molecule has 1 aliphatic heterocycles. The maximum Gasteiger partial charge on any atom is 0.232 e. The molecule has 0 bridgehead atoms. The van der Waals surface area contributed by atoms with Crippen LogP contribution in [0.3, 0.4) is 0 Å². The zero-order valence-electron chi connectivity index (χ0n) is 15.0. The Morgan fingerprint density at radius 3 is 2.88 bits per heavy atom. The minimum absolute atomic E-state index is 0.0479. The third kappa shape index (κ3) is 5.74. The number of hydrogen-bond acceptors (Lipinski definition) is 6. The molecular weight excluding hydrogens is 340 g/mol. The Morgan fingerprint density at radius 2 is 2.20 bits per heavy atom. The molecule has 1 aromatic heterocycles. The smallest absolute Gasteiger partial charge is 0.232 e. The van der Waals surface area contributed by atoms with Gasteiger partial charge in [-0.05, 0) is 33.1 Å². The molecule has 140 valence electrons. The second-order valence-corrected chi connectivity index (χ2v) is 7.36. The number of aryl methyl sites for hydroxylation is 2. The van der Waals surface area contributed by atoms with Crippen LogP contribution >= 0.6 is 11.8 Å². The van der Waals surface area contributed by atoms with Crippen molar-refractivity contribution >= 4 is 23.6 Å². The zero-order valence-corrected chi connectivity index (χ0v) is 15.9. The van der Waals surface area contributed by atoms with Crippen LogP contribution < -0.4 is 11.1 Å². The number of likely N-dealkylation sites (tertiary alicyclic amines) is 1. The van der Waals surface area contributed by atoms with Gasteiger partial charge in [-0.1, -0.05) is 5.16 Å². The van der Waals surface area contributed by atoms with E-state index in [-0.39, 0.29) is 17.9 Å². The molecule has 7 nitrogen and oxygen atoms in total. The fourth-order valence-corrected chi connectivity index (χ4v) is 4.08. The van der Waals surface area contributed by atoms with E-state index < -0.39 is 0 Å². The summed E-state index contributed by atoms with van der Waals surface area (Å²) in [5.41, 5.74) is 7.35. The maximum absolute atomic E-state index is 12.6. The first-order valence-corrected chi connectivity index (χ1v) is 9.94. The Balaban J connectivity index is 1.82. The van der Waals surface area contributed by atoms with Gasteiger partial charge >= 0.3 is 0 Å². The Morgan fingerprint density at radius 1 is 1.40 bits per heavy atom. The molecule has 0 radical (unpaired) electrons. The van der Waals surface area contributed by atoms with Gasteiger partial charge in [0.1, 0.15) is 5.76 Å². The molecule has 1 unspecified atom stereocenters. The number of amides is 2. The fourth-order valence-electron chi connectivity index (χ4n) is 3.02. The first-order chi connectivity index (χ1) is 12.0. The second kappa shape index (κ2) is 9.82. The van der Waals surface area contributed by atoms with Gasteiger partial charge in [-0.25, -0.2) is 0 Å². The molecule has 8 heteroatoms. The Bertz CT molecular complexity index is 571. The van der Waals surface area contributed by atoms with Crippen LogP contribution in [0.1, 0.15) is 42.7 Å². The molecular formula is C17H28N4O3S. The highest BCUT2D eigenvalue weighted by molar-refractivity contribution is 7.99. The van der Waals surface area contributed by atoms with Crippen molar-refractivity contribution in [3.05, 3.63) is 17.0 Å². The van der Waals surface area contributed by atoms with E-state index in [1.165, 1.54) is 0 Å². The van der Waals surface area contributed by atoms with E-state index in [1.54, 1.807) is 11.8 Å². The van der Waals surface area contributed by atoms with Crippen LogP contribution in [0.25, 0.3) is 0 Å². The van der Waals surface area contributed by atoms with Crippen LogP contribution in [-0.4, -0.2) is 53.3 Å². The number of nitrogens with two attached hydrogens (primary N) is 1. The lowest BCUT2D eigenvalue weighted by Crippen LogP contribution is -2.50. The van der Waals surface area contributed by atoms with E-state index in [2.05, 4.69) is 10.5 Å². The summed E-state index contributed by atoms with van der Waals surface area (Å²) in [7, 11) is 0. The maximum atomic E-state index is 12.6. The van der Waals surface area contributed by atoms with E-state index in [1.807, 2.05) is 18.7 Å². The lowest BCUT2D eigenvalue weighted by atomic mass is 10.0. The molecule has 1 aromatic rings. The summed E-state index contributed by atoms with van der Waals surface area (Å²) in [5.74, 6) is 2.05. The number of nitrogens with zero attached hydrogens (tertiary/aromatic N) is 2. The summed E-state index contributed by atoms with van der Waals surface area (Å²) in [6.07, 6.45) is 3.37. The largest absolute Gasteiger partial charge is 0.361 e. The van der Waals surface area contributed by atoms with Gasteiger partial charge in [0.15, 0.2) is 0 Å². The van der Waals surface area contributed by atoms with Crippen LogP contribution in [-0.2, 0) is 15.3 Å². The average molecular weight is 369 g/mol. The third-order valence-corrected chi connectivity index (χ3v) is 5.45. The molecule has 0 spiro atoms. The minimum atomic E-state index is -0.0479. The normalized spacial score (nSPS) is 17.6. The molecule has 25 heavy (non-hydrogen) atoms. The summed E-state index contributed by atoms with van der Waals surface area (Å²) in [5, 5.41) is 6.83. The molecule has 2 amide bonds. The van der Waals surface area contributed by atoms with Crippen molar-refractivity contribution in [2.45, 2.75) is 51.3 Å². The third-order valence-electron chi connectivity index (χ3n) is 4.51. The first kappa shape index (κ1) is 19.8. The molecule has 1 atom stereocenters. The quantitative estimate of drug-likeness (QED) is 0.719. The average Bonchev–Trinajstić information content (AvgIpc) is 2.92. The highest BCUT2D eigenvalue weighted by atomic mass is 32.2. The van der Waals surface area contributed by atoms with Crippen molar-refractivity contribution in [2.24, 2.45) is 5.73 Å². The van der Waals surface area contributed by atoms with E-state index in [9.17, 15) is 9.59 Å². The lowest BCUT2D eigenvalue weighted by molar-refractivity contribution is -0.132. The van der Waals surface area contributed by atoms with E-state index >= 15 is 0 Å². The van der Waals surface area contributed by atoms with Crippen molar-refractivity contribution in [2.75, 3.05) is 25.4 Å². The monoisotopic (exact) mass is 368 g/mol. The van der Waals surface area contributed by atoms with Crippen LogP contribution in [0.4, 0.5) is 0 Å². The lowest BCUT2D eigenvalue weighted by Gasteiger charge is -2.36. The minimum Gasteiger partial charge on any atom is -0.361 e. The zero-order chi connectivity index (χ0) is 18.2. The molecule has 1 fully saturated rings. The van der Waals surface area contributed by atoms with E-state index in [0.717, 1.165) is 48.6 Å². The van der Waals surface area contributed by atoms with Gasteiger partial charge in [0, 0.05) is 43.4 Å². The van der Waals surface area contributed by atoms with Crippen LogP contribution in [0.2, 0.25) is 0 Å². The number of carbonyl (C=O) groups is 2. The van der Waals surface area contributed by atoms with Gasteiger partial charge in [0.05, 0.1) is 11.4 Å². The number of nitrogens with one attached hydrogen (secondary N) is 1. The Kier molecular flexibility index (Phi) is 7.77. The molecule has 3 N–H and O–H groups in total. The summed E-state index contributed by atoms with van der Waals surface area (Å²) >= 11 is 1.58. The fraction of sp³-hybridized carbons (Fsp3) is 0.706. The molecule has 2 heterocycles. The molecule has 1 aliphatic rings. The Labute approximate surface area is 153 Å². The summed E-state index contributed by atoms with van der Waals surface area (Å²) in [6.45, 7) is 5.43. The topological polar surface area (TPSA) is 101 Å². The van der Waals surface area contributed by atoms with Crippen molar-refractivity contribution in [1.82, 2.24) is 15.4 Å².